The predicted octanol–water partition coefficient (Wildman–Crippen LogP) is 5.31. The first-order chi connectivity index (χ1) is 10.3. The highest BCUT2D eigenvalue weighted by atomic mass is 32.2. The molecule has 0 bridgehead atoms. The van der Waals surface area contributed by atoms with E-state index in [1.807, 2.05) is 18.3 Å². The molecule has 0 radical (unpaired) electrons. The lowest BCUT2D eigenvalue weighted by Gasteiger charge is -2.10. The number of benzene rings is 2. The maximum absolute atomic E-state index is 4.47. The number of para-hydroxylation sites is 1. The molecule has 21 heavy (non-hydrogen) atoms. The molecule has 1 heterocycles. The minimum absolute atomic E-state index is 1.03. The van der Waals surface area contributed by atoms with E-state index in [9.17, 15) is 0 Å². The van der Waals surface area contributed by atoms with Gasteiger partial charge in [-0.25, -0.2) is 0 Å². The topological polar surface area (TPSA) is 24.9 Å². The van der Waals surface area contributed by atoms with Crippen molar-refractivity contribution in [2.45, 2.75) is 11.8 Å². The first-order valence-corrected chi connectivity index (χ1v) is 7.59. The normalized spacial score (nSPS) is 10.5. The van der Waals surface area contributed by atoms with Gasteiger partial charge in [0.05, 0.1) is 10.4 Å². The van der Waals surface area contributed by atoms with Crippen LogP contribution in [-0.4, -0.2) is 4.98 Å². The first-order valence-electron chi connectivity index (χ1n) is 6.77. The number of rotatable bonds is 4. The summed E-state index contributed by atoms with van der Waals surface area (Å²) < 4.78 is 3.42. The highest BCUT2D eigenvalue weighted by molar-refractivity contribution is 8.00. The van der Waals surface area contributed by atoms with Crippen molar-refractivity contribution in [2.24, 2.45) is 0 Å². The number of hydrogen-bond acceptors (Lipinski definition) is 3. The largest absolute Gasteiger partial charge is 0.325 e. The molecule has 1 aromatic heterocycles. The van der Waals surface area contributed by atoms with Gasteiger partial charge in [0.1, 0.15) is 0 Å². The zero-order valence-corrected chi connectivity index (χ0v) is 12.7. The quantitative estimate of drug-likeness (QED) is 0.660. The van der Waals surface area contributed by atoms with Gasteiger partial charge in [-0.3, -0.25) is 4.98 Å². The van der Waals surface area contributed by atoms with Crippen LogP contribution in [0, 0.1) is 6.92 Å². The van der Waals surface area contributed by atoms with E-state index < -0.39 is 0 Å². The second-order valence-electron chi connectivity index (χ2n) is 4.81. The summed E-state index contributed by atoms with van der Waals surface area (Å²) in [5, 5.41) is 1.16. The Kier molecular flexibility index (Phi) is 3.93. The predicted molar refractivity (Wildman–Crippen MR) is 92.5 cm³/mol. The molecule has 0 atom stereocenters. The molecule has 3 heteroatoms. The fourth-order valence-electron chi connectivity index (χ4n) is 2.20. The summed E-state index contributed by atoms with van der Waals surface area (Å²) in [6.07, 6.45) is 3.69. The van der Waals surface area contributed by atoms with Gasteiger partial charge in [0.2, 0.25) is 0 Å². The average molecular weight is 292 g/mol. The molecule has 104 valence electrons. The van der Waals surface area contributed by atoms with Gasteiger partial charge < -0.3 is 4.72 Å². The van der Waals surface area contributed by atoms with E-state index in [-0.39, 0.29) is 0 Å². The van der Waals surface area contributed by atoms with Crippen molar-refractivity contribution in [1.29, 1.82) is 0 Å². The molecule has 0 aliphatic carbocycles. The van der Waals surface area contributed by atoms with Crippen molar-refractivity contribution >= 4 is 34.6 Å². The molecule has 0 aliphatic heterocycles. The Morgan fingerprint density at radius 2 is 2.00 bits per heavy atom. The number of nitrogens with one attached hydrogen (secondary N) is 1. The lowest BCUT2D eigenvalue weighted by molar-refractivity contribution is 1.35. The maximum atomic E-state index is 4.47. The standard InChI is InChI=1S/C18H16N2S/c1-3-14-9-10-16(13(2)12-14)20-21-17-8-4-6-15-7-5-11-19-18(15)17/h3-12,20H,1H2,2H3. The molecule has 0 unspecified atom stereocenters. The Bertz CT molecular complexity index is 791. The molecule has 0 aliphatic rings. The highest BCUT2D eigenvalue weighted by Crippen LogP contribution is 2.29. The van der Waals surface area contributed by atoms with Crippen molar-refractivity contribution < 1.29 is 0 Å². The average Bonchev–Trinajstić information content (AvgIpc) is 2.53. The van der Waals surface area contributed by atoms with Gasteiger partial charge in [-0.05, 0) is 54.3 Å². The number of hydrogen-bond donors (Lipinski definition) is 1. The molecule has 0 amide bonds. The number of anilines is 1. The molecule has 2 aromatic carbocycles. The van der Waals surface area contributed by atoms with E-state index >= 15 is 0 Å². The van der Waals surface area contributed by atoms with Gasteiger partial charge in [0, 0.05) is 17.3 Å². The van der Waals surface area contributed by atoms with Crippen LogP contribution >= 0.6 is 11.9 Å². The molecule has 1 N–H and O–H groups in total. The van der Waals surface area contributed by atoms with E-state index in [0.717, 1.165) is 27.0 Å². The van der Waals surface area contributed by atoms with Gasteiger partial charge in [-0.2, -0.15) is 0 Å². The number of aromatic nitrogens is 1. The Morgan fingerprint density at radius 3 is 2.81 bits per heavy atom. The van der Waals surface area contributed by atoms with Crippen LogP contribution in [-0.2, 0) is 0 Å². The number of pyridine rings is 1. The Hall–Kier alpha value is -2.26. The summed E-state index contributed by atoms with van der Waals surface area (Å²) in [5.41, 5.74) is 4.47. The summed E-state index contributed by atoms with van der Waals surface area (Å²) >= 11 is 1.59. The first kappa shape index (κ1) is 13.7. The van der Waals surface area contributed by atoms with E-state index in [2.05, 4.69) is 65.7 Å². The number of nitrogens with zero attached hydrogens (tertiary/aromatic N) is 1. The molecular formula is C18H16N2S. The van der Waals surface area contributed by atoms with E-state index in [1.165, 1.54) is 5.56 Å². The van der Waals surface area contributed by atoms with Crippen LogP contribution in [0.1, 0.15) is 11.1 Å². The zero-order valence-electron chi connectivity index (χ0n) is 11.8. The second kappa shape index (κ2) is 6.02. The van der Waals surface area contributed by atoms with Crippen molar-refractivity contribution in [1.82, 2.24) is 4.98 Å². The molecular weight excluding hydrogens is 276 g/mol. The lowest BCUT2D eigenvalue weighted by atomic mass is 10.1. The zero-order chi connectivity index (χ0) is 14.7. The smallest absolute Gasteiger partial charge is 0.0855 e. The molecule has 0 saturated carbocycles. The number of fused-ring (bicyclic) bond motifs is 1. The van der Waals surface area contributed by atoms with E-state index in [0.29, 0.717) is 0 Å². The van der Waals surface area contributed by atoms with Crippen molar-refractivity contribution in [2.75, 3.05) is 4.72 Å². The Morgan fingerprint density at radius 1 is 1.14 bits per heavy atom. The van der Waals surface area contributed by atoms with Crippen LogP contribution in [0.15, 0.2) is 66.2 Å². The highest BCUT2D eigenvalue weighted by Gasteiger charge is 2.04. The van der Waals surface area contributed by atoms with Gasteiger partial charge in [-0.15, -0.1) is 0 Å². The molecule has 3 rings (SSSR count). The monoisotopic (exact) mass is 292 g/mol. The SMILES string of the molecule is C=Cc1ccc(NSc2cccc3cccnc23)c(C)c1. The molecule has 0 saturated heterocycles. The van der Waals surface area contributed by atoms with Crippen molar-refractivity contribution in [3.8, 4) is 0 Å². The Labute approximate surface area is 129 Å². The minimum atomic E-state index is 1.03. The molecule has 2 nitrogen and oxygen atoms in total. The van der Waals surface area contributed by atoms with Crippen LogP contribution in [0.25, 0.3) is 17.0 Å². The third-order valence-electron chi connectivity index (χ3n) is 3.35. The molecule has 3 aromatic rings. The fraction of sp³-hybridized carbons (Fsp3) is 0.0556. The van der Waals surface area contributed by atoms with Crippen LogP contribution in [0.4, 0.5) is 5.69 Å². The van der Waals surface area contributed by atoms with Gasteiger partial charge in [0.25, 0.3) is 0 Å². The lowest BCUT2D eigenvalue weighted by Crippen LogP contribution is -1.92. The van der Waals surface area contributed by atoms with Crippen LogP contribution in [0.2, 0.25) is 0 Å². The van der Waals surface area contributed by atoms with E-state index in [4.69, 9.17) is 0 Å². The van der Waals surface area contributed by atoms with Gasteiger partial charge in [-0.1, -0.05) is 36.9 Å². The van der Waals surface area contributed by atoms with E-state index in [1.54, 1.807) is 11.9 Å². The Balaban J connectivity index is 1.85. The summed E-state index contributed by atoms with van der Waals surface area (Å²) in [5.74, 6) is 0. The summed E-state index contributed by atoms with van der Waals surface area (Å²) in [6, 6.07) is 16.5. The summed E-state index contributed by atoms with van der Waals surface area (Å²) in [7, 11) is 0. The fourth-order valence-corrected chi connectivity index (χ4v) is 3.06. The van der Waals surface area contributed by atoms with Crippen molar-refractivity contribution in [3.05, 3.63) is 72.4 Å². The second-order valence-corrected chi connectivity index (χ2v) is 5.66. The summed E-state index contributed by atoms with van der Waals surface area (Å²) in [4.78, 5) is 5.59. The maximum Gasteiger partial charge on any atom is 0.0855 e. The third kappa shape index (κ3) is 2.93. The van der Waals surface area contributed by atoms with Crippen LogP contribution in [0.3, 0.4) is 0 Å². The minimum Gasteiger partial charge on any atom is -0.325 e. The summed E-state index contributed by atoms with van der Waals surface area (Å²) in [6.45, 7) is 5.89. The van der Waals surface area contributed by atoms with Crippen LogP contribution < -0.4 is 4.72 Å². The molecule has 0 fully saturated rings. The van der Waals surface area contributed by atoms with Crippen LogP contribution in [0.5, 0.6) is 0 Å². The van der Waals surface area contributed by atoms with Gasteiger partial charge in [0.15, 0.2) is 0 Å². The number of aryl methyl sites for hydroxylation is 1. The van der Waals surface area contributed by atoms with Gasteiger partial charge >= 0.3 is 0 Å². The third-order valence-corrected chi connectivity index (χ3v) is 4.22. The molecule has 0 spiro atoms. The van der Waals surface area contributed by atoms with Crippen molar-refractivity contribution in [3.63, 3.8) is 0 Å².